The Kier molecular flexibility index (Phi) is 6.61. The molecule has 0 aliphatic heterocycles. The average Bonchev–Trinajstić information content (AvgIpc) is 3.23. The van der Waals surface area contributed by atoms with Gasteiger partial charge in [0, 0.05) is 42.8 Å². The first-order valence-electron chi connectivity index (χ1n) is 9.96. The Hall–Kier alpha value is -4.12. The number of rotatable bonds is 5. The molecule has 2 aromatic carbocycles. The van der Waals surface area contributed by atoms with Crippen molar-refractivity contribution in [3.8, 4) is 22.8 Å². The number of hydrogen-bond acceptors (Lipinski definition) is 4. The van der Waals surface area contributed by atoms with Gasteiger partial charge in [-0.2, -0.15) is 18.3 Å². The normalized spacial score (nSPS) is 11.3. The van der Waals surface area contributed by atoms with Gasteiger partial charge >= 0.3 is 12.2 Å². The van der Waals surface area contributed by atoms with E-state index in [2.05, 4.69) is 20.7 Å². The van der Waals surface area contributed by atoms with Crippen molar-refractivity contribution in [1.29, 1.82) is 0 Å². The third-order valence-corrected chi connectivity index (χ3v) is 5.02. The second kappa shape index (κ2) is 9.63. The number of anilines is 2. The van der Waals surface area contributed by atoms with E-state index in [1.807, 2.05) is 0 Å². The number of carbonyl (C=O) groups excluding carboxylic acids is 1. The van der Waals surface area contributed by atoms with Crippen molar-refractivity contribution < 1.29 is 27.1 Å². The van der Waals surface area contributed by atoms with Gasteiger partial charge in [0.25, 0.3) is 0 Å². The highest BCUT2D eigenvalue weighted by Crippen LogP contribution is 2.36. The Morgan fingerprint density at radius 1 is 1.06 bits per heavy atom. The second-order valence-corrected chi connectivity index (χ2v) is 7.70. The summed E-state index contributed by atoms with van der Waals surface area (Å²) in [6, 6.07) is 8.94. The maximum absolute atomic E-state index is 14.6. The van der Waals surface area contributed by atoms with E-state index >= 15 is 0 Å². The molecular weight excluding hydrogens is 490 g/mol. The number of urea groups is 1. The predicted molar refractivity (Wildman–Crippen MR) is 122 cm³/mol. The van der Waals surface area contributed by atoms with Gasteiger partial charge in [-0.05, 0) is 36.4 Å². The van der Waals surface area contributed by atoms with Crippen LogP contribution in [0.25, 0.3) is 11.3 Å². The first-order valence-corrected chi connectivity index (χ1v) is 10.3. The highest BCUT2D eigenvalue weighted by molar-refractivity contribution is 6.31. The maximum Gasteiger partial charge on any atom is 0.417 e. The fraction of sp³-hybridized carbons (Fsp3) is 0.0870. The molecule has 180 valence electrons. The number of nitrogens with one attached hydrogen (secondary N) is 2. The number of aromatic nitrogens is 3. The lowest BCUT2D eigenvalue weighted by molar-refractivity contribution is -0.137. The van der Waals surface area contributed by atoms with Crippen LogP contribution in [0.3, 0.4) is 0 Å². The quantitative estimate of drug-likeness (QED) is 0.295. The summed E-state index contributed by atoms with van der Waals surface area (Å²) in [7, 11) is 1.78. The molecule has 7 nitrogen and oxygen atoms in total. The molecule has 12 heteroatoms. The SMILES string of the molecule is Cn1cc(-c2cc(Oc3ccc(NC(=O)Nc4ccc(Cl)c(C(F)(F)F)c4)c(F)c3)ccn2)cn1. The summed E-state index contributed by atoms with van der Waals surface area (Å²) in [5.41, 5.74) is -0.0839. The van der Waals surface area contributed by atoms with Crippen molar-refractivity contribution >= 4 is 29.0 Å². The molecule has 0 fully saturated rings. The smallest absolute Gasteiger partial charge is 0.417 e. The third kappa shape index (κ3) is 5.87. The van der Waals surface area contributed by atoms with Crippen molar-refractivity contribution in [2.75, 3.05) is 10.6 Å². The highest BCUT2D eigenvalue weighted by atomic mass is 35.5. The Labute approximate surface area is 201 Å². The summed E-state index contributed by atoms with van der Waals surface area (Å²) < 4.78 is 60.8. The zero-order valence-corrected chi connectivity index (χ0v) is 18.7. The van der Waals surface area contributed by atoms with Crippen LogP contribution in [-0.4, -0.2) is 20.8 Å². The molecule has 0 bridgehead atoms. The van der Waals surface area contributed by atoms with Crippen molar-refractivity contribution in [2.45, 2.75) is 6.18 Å². The lowest BCUT2D eigenvalue weighted by Gasteiger charge is -2.13. The Bertz CT molecular complexity index is 1390. The van der Waals surface area contributed by atoms with Gasteiger partial charge < -0.3 is 15.4 Å². The number of amides is 2. The second-order valence-electron chi connectivity index (χ2n) is 7.29. The number of nitrogens with zero attached hydrogens (tertiary/aromatic N) is 3. The minimum absolute atomic E-state index is 0.157. The van der Waals surface area contributed by atoms with Crippen LogP contribution < -0.4 is 15.4 Å². The molecule has 0 unspecified atom stereocenters. The molecule has 2 N–H and O–H groups in total. The zero-order valence-electron chi connectivity index (χ0n) is 17.9. The fourth-order valence-electron chi connectivity index (χ4n) is 3.09. The van der Waals surface area contributed by atoms with Crippen LogP contribution in [0, 0.1) is 5.82 Å². The molecule has 35 heavy (non-hydrogen) atoms. The number of hydrogen-bond donors (Lipinski definition) is 2. The summed E-state index contributed by atoms with van der Waals surface area (Å²) in [5.74, 6) is -0.254. The van der Waals surface area contributed by atoms with Crippen LogP contribution in [-0.2, 0) is 13.2 Å². The van der Waals surface area contributed by atoms with E-state index in [1.54, 1.807) is 36.3 Å². The van der Waals surface area contributed by atoms with E-state index in [9.17, 15) is 22.4 Å². The van der Waals surface area contributed by atoms with Gasteiger partial charge in [0.2, 0.25) is 0 Å². The maximum atomic E-state index is 14.6. The summed E-state index contributed by atoms with van der Waals surface area (Å²) in [4.78, 5) is 16.4. The van der Waals surface area contributed by atoms with Gasteiger partial charge in [-0.15, -0.1) is 0 Å². The molecule has 0 radical (unpaired) electrons. The topological polar surface area (TPSA) is 81.1 Å². The van der Waals surface area contributed by atoms with Crippen LogP contribution in [0.15, 0.2) is 67.1 Å². The number of alkyl halides is 3. The van der Waals surface area contributed by atoms with E-state index in [0.717, 1.165) is 17.7 Å². The van der Waals surface area contributed by atoms with E-state index < -0.39 is 28.6 Å². The number of halogens is 5. The molecule has 4 aromatic rings. The van der Waals surface area contributed by atoms with E-state index in [4.69, 9.17) is 16.3 Å². The van der Waals surface area contributed by atoms with Crippen molar-refractivity contribution in [3.63, 3.8) is 0 Å². The molecular formula is C23H16ClF4N5O2. The number of aryl methyl sites for hydroxylation is 1. The Morgan fingerprint density at radius 2 is 1.83 bits per heavy atom. The summed E-state index contributed by atoms with van der Waals surface area (Å²) in [6.45, 7) is 0. The molecule has 4 rings (SSSR count). The lowest BCUT2D eigenvalue weighted by atomic mass is 10.2. The van der Waals surface area contributed by atoms with E-state index in [0.29, 0.717) is 17.5 Å². The van der Waals surface area contributed by atoms with Crippen LogP contribution in [0.5, 0.6) is 11.5 Å². The first-order chi connectivity index (χ1) is 16.6. The number of benzene rings is 2. The van der Waals surface area contributed by atoms with Gasteiger partial charge in [-0.3, -0.25) is 9.67 Å². The summed E-state index contributed by atoms with van der Waals surface area (Å²) >= 11 is 5.56. The fourth-order valence-corrected chi connectivity index (χ4v) is 3.31. The van der Waals surface area contributed by atoms with Crippen LogP contribution in [0.2, 0.25) is 5.02 Å². The molecule has 0 saturated heterocycles. The Morgan fingerprint density at radius 3 is 2.51 bits per heavy atom. The van der Waals surface area contributed by atoms with Gasteiger partial charge in [0.05, 0.1) is 28.2 Å². The molecule has 0 atom stereocenters. The minimum atomic E-state index is -4.69. The van der Waals surface area contributed by atoms with Crippen LogP contribution in [0.1, 0.15) is 5.56 Å². The molecule has 2 amide bonds. The van der Waals surface area contributed by atoms with Crippen LogP contribution in [0.4, 0.5) is 33.7 Å². The minimum Gasteiger partial charge on any atom is -0.457 e. The van der Waals surface area contributed by atoms with E-state index in [1.165, 1.54) is 24.4 Å². The monoisotopic (exact) mass is 505 g/mol. The number of ether oxygens (including phenoxy) is 1. The molecule has 2 heterocycles. The number of carbonyl (C=O) groups is 1. The standard InChI is InChI=1S/C23H16ClF4N5O2/c1-33-12-13(11-30-33)21-10-16(6-7-29-21)35-15-3-5-20(19(25)9-15)32-22(34)31-14-2-4-18(24)17(8-14)23(26,27)28/h2-12H,1H3,(H2,31,32,34). The van der Waals surface area contributed by atoms with Gasteiger partial charge in [0.15, 0.2) is 0 Å². The largest absolute Gasteiger partial charge is 0.457 e. The van der Waals surface area contributed by atoms with E-state index in [-0.39, 0.29) is 17.1 Å². The lowest BCUT2D eigenvalue weighted by Crippen LogP contribution is -2.20. The molecule has 2 aromatic heterocycles. The number of pyridine rings is 1. The first kappa shape index (κ1) is 24.0. The molecule has 0 spiro atoms. The summed E-state index contributed by atoms with van der Waals surface area (Å²) in [5, 5.41) is 8.04. The average molecular weight is 506 g/mol. The van der Waals surface area contributed by atoms with Crippen LogP contribution >= 0.6 is 11.6 Å². The predicted octanol–water partition coefficient (Wildman–Crippen LogP) is 6.73. The van der Waals surface area contributed by atoms with Gasteiger partial charge in [-0.25, -0.2) is 9.18 Å². The van der Waals surface area contributed by atoms with Crippen molar-refractivity contribution in [1.82, 2.24) is 14.8 Å². The summed E-state index contributed by atoms with van der Waals surface area (Å²) in [6.07, 6.45) is 0.270. The zero-order chi connectivity index (χ0) is 25.2. The van der Waals surface area contributed by atoms with Gasteiger partial charge in [-0.1, -0.05) is 11.6 Å². The third-order valence-electron chi connectivity index (χ3n) is 4.69. The highest BCUT2D eigenvalue weighted by Gasteiger charge is 2.33. The molecule has 0 aliphatic rings. The Balaban J connectivity index is 1.43. The van der Waals surface area contributed by atoms with Crippen molar-refractivity contribution in [3.05, 3.63) is 83.5 Å². The van der Waals surface area contributed by atoms with Crippen molar-refractivity contribution in [2.24, 2.45) is 7.05 Å². The van der Waals surface area contributed by atoms with Gasteiger partial charge in [0.1, 0.15) is 17.3 Å². The molecule has 0 aliphatic carbocycles. The molecule has 0 saturated carbocycles.